The lowest BCUT2D eigenvalue weighted by Gasteiger charge is -2.28. The predicted octanol–water partition coefficient (Wildman–Crippen LogP) is 2.24. The van der Waals surface area contributed by atoms with Crippen LogP contribution in [0.3, 0.4) is 0 Å². The number of hydrogen-bond acceptors (Lipinski definition) is 5. The van der Waals surface area contributed by atoms with Crippen LogP contribution >= 0.6 is 0 Å². The number of esters is 1. The molecule has 1 heterocycles. The number of rotatable bonds is 3. The molecule has 0 spiro atoms. The number of nitrogens with zero attached hydrogens (tertiary/aromatic N) is 4. The number of azide groups is 1. The lowest BCUT2D eigenvalue weighted by molar-refractivity contribution is -0.141. The number of carbonyl (C=O) groups is 2. The normalized spacial score (nSPS) is 22.1. The molecule has 1 aliphatic heterocycles. The summed E-state index contributed by atoms with van der Waals surface area (Å²) in [6, 6.07) is -0.713. The van der Waals surface area contributed by atoms with E-state index in [1.165, 1.54) is 12.0 Å². The number of hydrogen-bond donors (Lipinski definition) is 0. The lowest BCUT2D eigenvalue weighted by Crippen LogP contribution is -2.41. The molecule has 2 atom stereocenters. The Kier molecular flexibility index (Phi) is 5.21. The molecular formula is C12H20N4O4. The van der Waals surface area contributed by atoms with Gasteiger partial charge in [0.05, 0.1) is 19.6 Å². The van der Waals surface area contributed by atoms with Crippen molar-refractivity contribution in [3.63, 3.8) is 0 Å². The third-order valence-corrected chi connectivity index (χ3v) is 2.87. The Hall–Kier alpha value is -1.95. The molecule has 0 radical (unpaired) electrons. The van der Waals surface area contributed by atoms with Gasteiger partial charge in [0.2, 0.25) is 0 Å². The van der Waals surface area contributed by atoms with Crippen molar-refractivity contribution in [2.45, 2.75) is 51.3 Å². The highest BCUT2D eigenvalue weighted by Gasteiger charge is 2.38. The summed E-state index contributed by atoms with van der Waals surface area (Å²) < 4.78 is 9.91. The minimum Gasteiger partial charge on any atom is -0.469 e. The average Bonchev–Trinajstić information content (AvgIpc) is 2.70. The van der Waals surface area contributed by atoms with Gasteiger partial charge in [0.1, 0.15) is 5.60 Å². The third kappa shape index (κ3) is 4.62. The van der Waals surface area contributed by atoms with Crippen LogP contribution in [0.4, 0.5) is 4.79 Å². The van der Waals surface area contributed by atoms with Crippen LogP contribution in [0.1, 0.15) is 33.6 Å². The van der Waals surface area contributed by atoms with E-state index in [0.717, 1.165) is 0 Å². The molecule has 0 aromatic carbocycles. The summed E-state index contributed by atoms with van der Waals surface area (Å²) in [5.41, 5.74) is 7.86. The van der Waals surface area contributed by atoms with E-state index in [1.54, 1.807) is 20.8 Å². The van der Waals surface area contributed by atoms with Gasteiger partial charge >= 0.3 is 12.1 Å². The summed E-state index contributed by atoms with van der Waals surface area (Å²) in [4.78, 5) is 27.7. The molecule has 1 unspecified atom stereocenters. The van der Waals surface area contributed by atoms with Crippen molar-refractivity contribution in [1.29, 1.82) is 0 Å². The second-order valence-electron chi connectivity index (χ2n) is 5.66. The van der Waals surface area contributed by atoms with Crippen LogP contribution in [0.2, 0.25) is 0 Å². The Bertz CT molecular complexity index is 426. The Labute approximate surface area is 117 Å². The van der Waals surface area contributed by atoms with E-state index >= 15 is 0 Å². The number of methoxy groups -OCH3 is 1. The standard InChI is InChI=1S/C12H20N4O4/c1-12(2,3)20-11(18)16-7-8(14-15-13)5-9(16)6-10(17)19-4/h8-9H,5-7H2,1-4H3/t8?,9-/m0/s1. The first-order valence-electron chi connectivity index (χ1n) is 6.37. The van der Waals surface area contributed by atoms with Crippen LogP contribution in [-0.2, 0) is 14.3 Å². The first-order chi connectivity index (χ1) is 9.26. The van der Waals surface area contributed by atoms with Gasteiger partial charge < -0.3 is 14.4 Å². The zero-order valence-corrected chi connectivity index (χ0v) is 12.2. The highest BCUT2D eigenvalue weighted by atomic mass is 16.6. The molecule has 0 aromatic heterocycles. The van der Waals surface area contributed by atoms with E-state index in [9.17, 15) is 9.59 Å². The van der Waals surface area contributed by atoms with Gasteiger partial charge in [-0.15, -0.1) is 0 Å². The second kappa shape index (κ2) is 6.47. The monoisotopic (exact) mass is 284 g/mol. The van der Waals surface area contributed by atoms with Gasteiger partial charge in [-0.1, -0.05) is 5.11 Å². The van der Waals surface area contributed by atoms with Crippen LogP contribution in [0.25, 0.3) is 10.4 Å². The van der Waals surface area contributed by atoms with E-state index in [-0.39, 0.29) is 25.0 Å². The highest BCUT2D eigenvalue weighted by Crippen LogP contribution is 2.25. The van der Waals surface area contributed by atoms with E-state index in [1.807, 2.05) is 0 Å². The topological polar surface area (TPSA) is 105 Å². The lowest BCUT2D eigenvalue weighted by atomic mass is 10.1. The van der Waals surface area contributed by atoms with Crippen molar-refractivity contribution in [2.24, 2.45) is 5.11 Å². The quantitative estimate of drug-likeness (QED) is 0.343. The minimum atomic E-state index is -0.622. The smallest absolute Gasteiger partial charge is 0.410 e. The van der Waals surface area contributed by atoms with Gasteiger partial charge in [0.15, 0.2) is 0 Å². The molecule has 8 nitrogen and oxygen atoms in total. The van der Waals surface area contributed by atoms with Crippen molar-refractivity contribution in [3.8, 4) is 0 Å². The first-order valence-corrected chi connectivity index (χ1v) is 6.37. The zero-order valence-electron chi connectivity index (χ0n) is 12.2. The summed E-state index contributed by atoms with van der Waals surface area (Å²) in [6.45, 7) is 5.55. The molecular weight excluding hydrogens is 264 g/mol. The van der Waals surface area contributed by atoms with Crippen LogP contribution in [-0.4, -0.2) is 48.3 Å². The fraction of sp³-hybridized carbons (Fsp3) is 0.833. The maximum Gasteiger partial charge on any atom is 0.410 e. The molecule has 0 aromatic rings. The van der Waals surface area contributed by atoms with Crippen molar-refractivity contribution >= 4 is 12.1 Å². The van der Waals surface area contributed by atoms with Gasteiger partial charge in [-0.2, -0.15) is 0 Å². The maximum atomic E-state index is 12.1. The number of likely N-dealkylation sites (tertiary alicyclic amines) is 1. The summed E-state index contributed by atoms with van der Waals surface area (Å²) in [5, 5.41) is 3.62. The summed E-state index contributed by atoms with van der Waals surface area (Å²) in [6.07, 6.45) is -0.0203. The molecule has 20 heavy (non-hydrogen) atoms. The van der Waals surface area contributed by atoms with Gasteiger partial charge in [0, 0.05) is 17.5 Å². The van der Waals surface area contributed by atoms with Crippen molar-refractivity contribution in [1.82, 2.24) is 4.90 Å². The van der Waals surface area contributed by atoms with Crippen molar-refractivity contribution in [3.05, 3.63) is 10.4 Å². The van der Waals surface area contributed by atoms with Gasteiger partial charge in [0.25, 0.3) is 0 Å². The Morgan fingerprint density at radius 3 is 2.60 bits per heavy atom. The van der Waals surface area contributed by atoms with E-state index < -0.39 is 17.7 Å². The van der Waals surface area contributed by atoms with Crippen LogP contribution < -0.4 is 0 Å². The molecule has 0 N–H and O–H groups in total. The van der Waals surface area contributed by atoms with E-state index in [2.05, 4.69) is 14.8 Å². The maximum absolute atomic E-state index is 12.1. The highest BCUT2D eigenvalue weighted by molar-refractivity contribution is 5.73. The van der Waals surface area contributed by atoms with E-state index in [0.29, 0.717) is 6.42 Å². The second-order valence-corrected chi connectivity index (χ2v) is 5.66. The third-order valence-electron chi connectivity index (χ3n) is 2.87. The number of amides is 1. The molecule has 1 rings (SSSR count). The molecule has 8 heteroatoms. The fourth-order valence-corrected chi connectivity index (χ4v) is 2.06. The van der Waals surface area contributed by atoms with Crippen LogP contribution in [0.15, 0.2) is 5.11 Å². The van der Waals surface area contributed by atoms with Gasteiger partial charge in [-0.05, 0) is 32.7 Å². The molecule has 0 bridgehead atoms. The molecule has 1 amide bonds. The SMILES string of the molecule is COC(=O)C[C@@H]1CC(N=[N+]=[N-])CN1C(=O)OC(C)(C)C. The van der Waals surface area contributed by atoms with Crippen molar-refractivity contribution < 1.29 is 19.1 Å². The fourth-order valence-electron chi connectivity index (χ4n) is 2.06. The Morgan fingerprint density at radius 2 is 2.10 bits per heavy atom. The molecule has 0 aliphatic carbocycles. The van der Waals surface area contributed by atoms with Gasteiger partial charge in [-0.25, -0.2) is 4.79 Å². The molecule has 0 saturated carbocycles. The zero-order chi connectivity index (χ0) is 15.3. The molecule has 112 valence electrons. The average molecular weight is 284 g/mol. The number of carbonyl (C=O) groups excluding carboxylic acids is 2. The van der Waals surface area contributed by atoms with E-state index in [4.69, 9.17) is 10.3 Å². The first kappa shape index (κ1) is 16.1. The largest absolute Gasteiger partial charge is 0.469 e. The summed E-state index contributed by atoms with van der Waals surface area (Å²) >= 11 is 0. The molecule has 1 aliphatic rings. The number of ether oxygens (including phenoxy) is 2. The molecule has 1 saturated heterocycles. The summed E-state index contributed by atoms with van der Waals surface area (Å²) in [7, 11) is 1.29. The minimum absolute atomic E-state index is 0.0627. The Morgan fingerprint density at radius 1 is 1.45 bits per heavy atom. The molecule has 1 fully saturated rings. The van der Waals surface area contributed by atoms with Crippen molar-refractivity contribution in [2.75, 3.05) is 13.7 Å². The Balaban J connectivity index is 2.79. The predicted molar refractivity (Wildman–Crippen MR) is 70.9 cm³/mol. The summed E-state index contributed by atoms with van der Waals surface area (Å²) in [5.74, 6) is -0.412. The van der Waals surface area contributed by atoms with Crippen LogP contribution in [0, 0.1) is 0 Å². The van der Waals surface area contributed by atoms with Gasteiger partial charge in [-0.3, -0.25) is 4.79 Å². The van der Waals surface area contributed by atoms with Crippen LogP contribution in [0.5, 0.6) is 0 Å².